The molecule has 1 aliphatic heterocycles. The fourth-order valence-electron chi connectivity index (χ4n) is 2.28. The Morgan fingerprint density at radius 2 is 2.09 bits per heavy atom. The third-order valence-corrected chi connectivity index (χ3v) is 3.26. The minimum absolute atomic E-state index is 0.254. The first-order valence-electron chi connectivity index (χ1n) is 6.83. The van der Waals surface area contributed by atoms with Gasteiger partial charge >= 0.3 is 0 Å². The van der Waals surface area contributed by atoms with Gasteiger partial charge in [0, 0.05) is 17.7 Å². The quantitative estimate of drug-likeness (QED) is 0.815. The summed E-state index contributed by atoms with van der Waals surface area (Å²) in [6, 6.07) is 10.6. The summed E-state index contributed by atoms with van der Waals surface area (Å²) in [5, 5.41) is 14.1. The lowest BCUT2D eigenvalue weighted by Crippen LogP contribution is -2.60. The van der Waals surface area contributed by atoms with Gasteiger partial charge in [-0.3, -0.25) is 15.0 Å². The zero-order chi connectivity index (χ0) is 16.2. The van der Waals surface area contributed by atoms with E-state index in [0.29, 0.717) is 12.0 Å². The maximum atomic E-state index is 12.6. The van der Waals surface area contributed by atoms with E-state index < -0.39 is 11.6 Å². The van der Waals surface area contributed by atoms with E-state index in [4.69, 9.17) is 5.26 Å². The number of hydrazine groups is 1. The monoisotopic (exact) mass is 299 g/mol. The molecule has 0 saturated carbocycles. The Bertz CT molecular complexity index is 650. The van der Waals surface area contributed by atoms with Crippen LogP contribution in [0, 0.1) is 11.3 Å². The van der Waals surface area contributed by atoms with Crippen molar-refractivity contribution in [1.29, 1.82) is 5.26 Å². The molecule has 1 heterocycles. The molecule has 7 heteroatoms. The van der Waals surface area contributed by atoms with E-state index in [2.05, 4.69) is 16.0 Å². The SMILES string of the molecule is CC1=NN(C(=O)c2ccccc2)[C@@](C)(NNC(=O)CC#N)C1. The highest BCUT2D eigenvalue weighted by molar-refractivity contribution is 5.97. The number of hydrogen-bond donors (Lipinski definition) is 2. The van der Waals surface area contributed by atoms with Crippen LogP contribution in [-0.4, -0.2) is 28.2 Å². The van der Waals surface area contributed by atoms with Gasteiger partial charge < -0.3 is 0 Å². The van der Waals surface area contributed by atoms with Crippen molar-refractivity contribution in [3.8, 4) is 6.07 Å². The summed E-state index contributed by atoms with van der Waals surface area (Å²) < 4.78 is 0. The molecular weight excluding hydrogens is 282 g/mol. The van der Waals surface area contributed by atoms with Gasteiger partial charge in [-0.05, 0) is 26.0 Å². The van der Waals surface area contributed by atoms with Crippen molar-refractivity contribution in [2.75, 3.05) is 0 Å². The third kappa shape index (κ3) is 3.30. The summed E-state index contributed by atoms with van der Waals surface area (Å²) >= 11 is 0. The summed E-state index contributed by atoms with van der Waals surface area (Å²) in [5.41, 5.74) is 5.67. The second-order valence-corrected chi connectivity index (χ2v) is 5.28. The average molecular weight is 299 g/mol. The number of hydrazone groups is 1. The Labute approximate surface area is 128 Å². The summed E-state index contributed by atoms with van der Waals surface area (Å²) in [4.78, 5) is 24.0. The lowest BCUT2D eigenvalue weighted by Gasteiger charge is -2.33. The molecule has 1 atom stereocenters. The van der Waals surface area contributed by atoms with Crippen molar-refractivity contribution in [1.82, 2.24) is 15.9 Å². The van der Waals surface area contributed by atoms with E-state index in [1.165, 1.54) is 5.01 Å². The van der Waals surface area contributed by atoms with Gasteiger partial charge in [0.2, 0.25) is 5.91 Å². The Morgan fingerprint density at radius 1 is 1.41 bits per heavy atom. The second-order valence-electron chi connectivity index (χ2n) is 5.28. The molecule has 2 amide bonds. The number of rotatable bonds is 4. The van der Waals surface area contributed by atoms with Gasteiger partial charge in [-0.2, -0.15) is 10.4 Å². The summed E-state index contributed by atoms with van der Waals surface area (Å²) in [5.74, 6) is -0.720. The molecule has 0 spiro atoms. The smallest absolute Gasteiger partial charge is 0.275 e. The number of hydrogen-bond acceptors (Lipinski definition) is 5. The molecule has 2 N–H and O–H groups in total. The van der Waals surface area contributed by atoms with Crippen molar-refractivity contribution in [2.45, 2.75) is 32.4 Å². The number of amides is 2. The van der Waals surface area contributed by atoms with Gasteiger partial charge in [0.1, 0.15) is 12.1 Å². The maximum absolute atomic E-state index is 12.6. The number of benzene rings is 1. The number of nitriles is 1. The lowest BCUT2D eigenvalue weighted by molar-refractivity contribution is -0.122. The van der Waals surface area contributed by atoms with Crippen LogP contribution in [0.2, 0.25) is 0 Å². The van der Waals surface area contributed by atoms with Crippen LogP contribution in [0.15, 0.2) is 35.4 Å². The van der Waals surface area contributed by atoms with Gasteiger partial charge in [0.05, 0.1) is 6.07 Å². The van der Waals surface area contributed by atoms with Crippen LogP contribution < -0.4 is 10.9 Å². The molecule has 1 aliphatic rings. The fraction of sp³-hybridized carbons (Fsp3) is 0.333. The first kappa shape index (κ1) is 15.7. The molecule has 1 aromatic rings. The van der Waals surface area contributed by atoms with E-state index in [1.807, 2.05) is 13.0 Å². The standard InChI is InChI=1S/C15H17N5O2/c1-11-10-15(2,19-17-13(21)8-9-16)20(18-11)14(22)12-6-4-3-5-7-12/h3-7,19H,8,10H2,1-2H3,(H,17,21)/t15-/m1/s1. The van der Waals surface area contributed by atoms with Crippen molar-refractivity contribution in [3.63, 3.8) is 0 Å². The summed E-state index contributed by atoms with van der Waals surface area (Å²) in [6.45, 7) is 3.58. The molecular formula is C15H17N5O2. The zero-order valence-electron chi connectivity index (χ0n) is 12.5. The Balaban J connectivity index is 2.15. The molecule has 114 valence electrons. The molecule has 22 heavy (non-hydrogen) atoms. The van der Waals surface area contributed by atoms with Gasteiger partial charge in [-0.15, -0.1) is 0 Å². The number of nitrogens with zero attached hydrogens (tertiary/aromatic N) is 3. The van der Waals surface area contributed by atoms with E-state index in [0.717, 1.165) is 5.71 Å². The Kier molecular flexibility index (Phi) is 4.53. The van der Waals surface area contributed by atoms with E-state index >= 15 is 0 Å². The van der Waals surface area contributed by atoms with Crippen LogP contribution in [0.1, 0.15) is 37.0 Å². The van der Waals surface area contributed by atoms with Crippen molar-refractivity contribution < 1.29 is 9.59 Å². The van der Waals surface area contributed by atoms with Gasteiger partial charge in [0.15, 0.2) is 0 Å². The van der Waals surface area contributed by atoms with E-state index in [1.54, 1.807) is 37.3 Å². The minimum Gasteiger partial charge on any atom is -0.288 e. The lowest BCUT2D eigenvalue weighted by atomic mass is 10.1. The van der Waals surface area contributed by atoms with Crippen LogP contribution >= 0.6 is 0 Å². The predicted octanol–water partition coefficient (Wildman–Crippen LogP) is 1.16. The van der Waals surface area contributed by atoms with E-state index in [-0.39, 0.29) is 12.3 Å². The molecule has 7 nitrogen and oxygen atoms in total. The molecule has 0 saturated heterocycles. The molecule has 0 fully saturated rings. The number of carbonyl (C=O) groups is 2. The van der Waals surface area contributed by atoms with E-state index in [9.17, 15) is 9.59 Å². The van der Waals surface area contributed by atoms with Crippen LogP contribution in [-0.2, 0) is 4.79 Å². The van der Waals surface area contributed by atoms with Crippen molar-refractivity contribution >= 4 is 17.5 Å². The fourth-order valence-corrected chi connectivity index (χ4v) is 2.28. The molecule has 2 rings (SSSR count). The van der Waals surface area contributed by atoms with Gasteiger partial charge in [-0.1, -0.05) is 18.2 Å². The highest BCUT2D eigenvalue weighted by Gasteiger charge is 2.41. The minimum atomic E-state index is -0.873. The topological polar surface area (TPSA) is 97.6 Å². The summed E-state index contributed by atoms with van der Waals surface area (Å²) in [6.07, 6.45) is 0.216. The predicted molar refractivity (Wildman–Crippen MR) is 80.3 cm³/mol. The number of carbonyl (C=O) groups excluding carboxylic acids is 2. The average Bonchev–Trinajstić information content (AvgIpc) is 2.81. The van der Waals surface area contributed by atoms with Crippen LogP contribution in [0.3, 0.4) is 0 Å². The summed E-state index contributed by atoms with van der Waals surface area (Å²) in [7, 11) is 0. The van der Waals surface area contributed by atoms with Gasteiger partial charge in [-0.25, -0.2) is 10.4 Å². The number of nitrogens with one attached hydrogen (secondary N) is 2. The highest BCUT2D eigenvalue weighted by atomic mass is 16.2. The van der Waals surface area contributed by atoms with Gasteiger partial charge in [0.25, 0.3) is 5.91 Å². The first-order valence-corrected chi connectivity index (χ1v) is 6.83. The first-order chi connectivity index (χ1) is 10.5. The highest BCUT2D eigenvalue weighted by Crippen LogP contribution is 2.26. The normalized spacial score (nSPS) is 20.2. The van der Waals surface area contributed by atoms with Crippen LogP contribution in [0.4, 0.5) is 0 Å². The second kappa shape index (κ2) is 6.37. The van der Waals surface area contributed by atoms with Crippen LogP contribution in [0.5, 0.6) is 0 Å². The van der Waals surface area contributed by atoms with Crippen molar-refractivity contribution in [2.24, 2.45) is 5.10 Å². The Hall–Kier alpha value is -2.72. The third-order valence-electron chi connectivity index (χ3n) is 3.26. The largest absolute Gasteiger partial charge is 0.288 e. The molecule has 0 aliphatic carbocycles. The molecule has 0 radical (unpaired) electrons. The zero-order valence-corrected chi connectivity index (χ0v) is 12.5. The molecule has 0 unspecified atom stereocenters. The maximum Gasteiger partial charge on any atom is 0.275 e. The molecule has 0 bridgehead atoms. The van der Waals surface area contributed by atoms with Crippen LogP contribution in [0.25, 0.3) is 0 Å². The Morgan fingerprint density at radius 3 is 2.73 bits per heavy atom. The molecule has 1 aromatic carbocycles. The molecule has 0 aromatic heterocycles. The van der Waals surface area contributed by atoms with Crippen molar-refractivity contribution in [3.05, 3.63) is 35.9 Å².